The largest absolute Gasteiger partial charge is 0.385 e. The lowest BCUT2D eigenvalue weighted by atomic mass is 9.90. The van der Waals surface area contributed by atoms with Crippen molar-refractivity contribution in [2.75, 3.05) is 0 Å². The number of aliphatic hydroxyl groups is 1. The molecular formula is C21H31F2N3O2S2. The average molecular weight is 460 g/mol. The first-order valence-corrected chi connectivity index (χ1v) is 11.7. The molecule has 0 saturated heterocycles. The van der Waals surface area contributed by atoms with E-state index in [4.69, 9.17) is 10.9 Å². The normalized spacial score (nSPS) is 12.7. The summed E-state index contributed by atoms with van der Waals surface area (Å²) < 4.78 is 27.4. The molecule has 0 bridgehead atoms. The van der Waals surface area contributed by atoms with Crippen molar-refractivity contribution in [2.45, 2.75) is 69.6 Å². The Labute approximate surface area is 183 Å². The number of halogens is 2. The van der Waals surface area contributed by atoms with Gasteiger partial charge in [-0.2, -0.15) is 0 Å². The summed E-state index contributed by atoms with van der Waals surface area (Å²) in [6, 6.07) is 1.32. The molecule has 2 heterocycles. The maximum Gasteiger partial charge on any atom is 0.221 e. The van der Waals surface area contributed by atoms with Gasteiger partial charge in [0, 0.05) is 10.6 Å². The third kappa shape index (κ3) is 6.94. The van der Waals surface area contributed by atoms with Crippen LogP contribution < -0.4 is 10.9 Å². The van der Waals surface area contributed by atoms with Crippen molar-refractivity contribution in [1.29, 1.82) is 0 Å². The van der Waals surface area contributed by atoms with Gasteiger partial charge in [-0.15, -0.1) is 11.3 Å². The van der Waals surface area contributed by atoms with E-state index in [0.717, 1.165) is 5.69 Å². The quantitative estimate of drug-likeness (QED) is 0.552. The monoisotopic (exact) mass is 459 g/mol. The number of hydrogen-bond acceptors (Lipinski definition) is 5. The van der Waals surface area contributed by atoms with Gasteiger partial charge in [-0.05, 0) is 42.9 Å². The number of hydrogen-bond donors (Lipinski definition) is 3. The van der Waals surface area contributed by atoms with Gasteiger partial charge in [-0.25, -0.2) is 8.78 Å². The predicted molar refractivity (Wildman–Crippen MR) is 122 cm³/mol. The fourth-order valence-corrected chi connectivity index (χ4v) is 4.65. The lowest BCUT2D eigenvalue weighted by Gasteiger charge is -2.18. The summed E-state index contributed by atoms with van der Waals surface area (Å²) in [6.07, 6.45) is 1.28. The Bertz CT molecular complexity index is 920. The maximum atomic E-state index is 13.8. The van der Waals surface area contributed by atoms with E-state index in [-0.39, 0.29) is 29.9 Å². The summed E-state index contributed by atoms with van der Waals surface area (Å²) in [5, 5.41) is 15.1. The van der Waals surface area contributed by atoms with Crippen molar-refractivity contribution in [2.24, 2.45) is 10.9 Å². The zero-order valence-corrected chi connectivity index (χ0v) is 19.9. The number of nitrogens with two attached hydrogens (primary N) is 2. The van der Waals surface area contributed by atoms with Crippen molar-refractivity contribution in [3.8, 4) is 0 Å². The van der Waals surface area contributed by atoms with Crippen LogP contribution in [0, 0.1) is 11.6 Å². The van der Waals surface area contributed by atoms with Crippen molar-refractivity contribution >= 4 is 33.8 Å². The van der Waals surface area contributed by atoms with Crippen LogP contribution in [0.25, 0.3) is 0 Å². The number of pyridine rings is 1. The highest BCUT2D eigenvalue weighted by molar-refractivity contribution is 8.13. The van der Waals surface area contributed by atoms with E-state index < -0.39 is 22.2 Å². The van der Waals surface area contributed by atoms with E-state index >= 15 is 0 Å². The van der Waals surface area contributed by atoms with E-state index in [2.05, 4.69) is 10.9 Å². The molecule has 168 valence electrons. The molecular weight excluding hydrogens is 428 g/mol. The summed E-state index contributed by atoms with van der Waals surface area (Å²) in [5.74, 6) is 2.51. The molecule has 5 nitrogen and oxygen atoms in total. The zero-order chi connectivity index (χ0) is 23.4. The SMILES string of the molecule is C=S(N)c1sc(C(C)(C)O)cc1F.CC(C)c1ncc(F)c(C(C)C)c1CC(N)=O. The molecule has 0 fully saturated rings. The summed E-state index contributed by atoms with van der Waals surface area (Å²) in [4.78, 5) is 15.8. The molecule has 5 N–H and O–H groups in total. The number of thiophene rings is 1. The second-order valence-electron chi connectivity index (χ2n) is 8.07. The first-order valence-electron chi connectivity index (χ1n) is 9.42. The van der Waals surface area contributed by atoms with E-state index in [1.165, 1.54) is 23.6 Å². The molecule has 1 amide bonds. The lowest BCUT2D eigenvalue weighted by Crippen LogP contribution is -2.19. The van der Waals surface area contributed by atoms with Gasteiger partial charge in [0.15, 0.2) is 0 Å². The molecule has 0 saturated carbocycles. The second kappa shape index (κ2) is 10.6. The van der Waals surface area contributed by atoms with Crippen LogP contribution in [0.15, 0.2) is 16.5 Å². The Kier molecular flexibility index (Phi) is 9.28. The van der Waals surface area contributed by atoms with E-state index in [1.54, 1.807) is 13.8 Å². The van der Waals surface area contributed by atoms with Crippen LogP contribution >= 0.6 is 22.0 Å². The van der Waals surface area contributed by atoms with Crippen LogP contribution in [0.2, 0.25) is 0 Å². The van der Waals surface area contributed by atoms with Gasteiger partial charge in [0.05, 0.1) is 18.2 Å². The Hall–Kier alpha value is -1.68. The minimum absolute atomic E-state index is 0.00449. The summed E-state index contributed by atoms with van der Waals surface area (Å²) in [6.45, 7) is 10.9. The Morgan fingerprint density at radius 2 is 1.83 bits per heavy atom. The van der Waals surface area contributed by atoms with Gasteiger partial charge < -0.3 is 10.8 Å². The molecule has 0 aromatic carbocycles. The number of amides is 1. The van der Waals surface area contributed by atoms with Crippen LogP contribution in [0.5, 0.6) is 0 Å². The Morgan fingerprint density at radius 3 is 2.17 bits per heavy atom. The molecule has 0 spiro atoms. The zero-order valence-electron chi connectivity index (χ0n) is 18.3. The molecule has 0 aliphatic heterocycles. The molecule has 1 atom stereocenters. The van der Waals surface area contributed by atoms with Crippen LogP contribution in [0.1, 0.15) is 75.1 Å². The third-order valence-corrected chi connectivity index (χ3v) is 6.96. The van der Waals surface area contributed by atoms with Crippen LogP contribution in [0.3, 0.4) is 0 Å². The van der Waals surface area contributed by atoms with Gasteiger partial charge >= 0.3 is 0 Å². The van der Waals surface area contributed by atoms with E-state index in [0.29, 0.717) is 20.2 Å². The van der Waals surface area contributed by atoms with Gasteiger partial charge in [0.1, 0.15) is 15.8 Å². The van der Waals surface area contributed by atoms with Crippen LogP contribution in [-0.2, 0) is 16.8 Å². The predicted octanol–water partition coefficient (Wildman–Crippen LogP) is 4.54. The van der Waals surface area contributed by atoms with E-state index in [1.807, 2.05) is 27.7 Å². The molecule has 0 aliphatic carbocycles. The number of primary amides is 1. The Morgan fingerprint density at radius 1 is 1.27 bits per heavy atom. The molecule has 0 radical (unpaired) electrons. The molecule has 2 aromatic rings. The number of carbonyl (C=O) groups is 1. The number of carbonyl (C=O) groups excluding carboxylic acids is 1. The summed E-state index contributed by atoms with van der Waals surface area (Å²) >= 11 is 1.17. The highest BCUT2D eigenvalue weighted by atomic mass is 32.2. The van der Waals surface area contributed by atoms with E-state index in [9.17, 15) is 18.7 Å². The third-order valence-electron chi connectivity index (χ3n) is 4.18. The number of nitrogens with zero attached hydrogens (tertiary/aromatic N) is 1. The van der Waals surface area contributed by atoms with Gasteiger partial charge in [0.2, 0.25) is 5.91 Å². The Balaban J connectivity index is 0.000000311. The summed E-state index contributed by atoms with van der Waals surface area (Å²) in [7, 11) is -0.822. The highest BCUT2D eigenvalue weighted by Crippen LogP contribution is 2.36. The maximum absolute atomic E-state index is 13.8. The molecule has 30 heavy (non-hydrogen) atoms. The minimum atomic E-state index is -1.01. The lowest BCUT2D eigenvalue weighted by molar-refractivity contribution is -0.117. The fourth-order valence-electron chi connectivity index (χ4n) is 2.87. The van der Waals surface area contributed by atoms with Gasteiger partial charge in [0.25, 0.3) is 0 Å². The summed E-state index contributed by atoms with van der Waals surface area (Å²) in [5.41, 5.74) is 6.18. The molecule has 1 unspecified atom stereocenters. The number of rotatable bonds is 6. The first kappa shape index (κ1) is 26.4. The topological polar surface area (TPSA) is 102 Å². The van der Waals surface area contributed by atoms with Crippen LogP contribution in [-0.4, -0.2) is 21.9 Å². The van der Waals surface area contributed by atoms with Crippen molar-refractivity contribution in [1.82, 2.24) is 4.98 Å². The van der Waals surface area contributed by atoms with Crippen molar-refractivity contribution in [3.63, 3.8) is 0 Å². The smallest absolute Gasteiger partial charge is 0.221 e. The average Bonchev–Trinajstić information content (AvgIpc) is 2.96. The van der Waals surface area contributed by atoms with Gasteiger partial charge in [-0.3, -0.25) is 14.9 Å². The van der Waals surface area contributed by atoms with Crippen LogP contribution in [0.4, 0.5) is 8.78 Å². The number of aromatic nitrogens is 1. The highest BCUT2D eigenvalue weighted by Gasteiger charge is 2.22. The van der Waals surface area contributed by atoms with Gasteiger partial charge in [-0.1, -0.05) is 44.2 Å². The molecule has 9 heteroatoms. The molecule has 2 aromatic heterocycles. The fraction of sp³-hybridized carbons (Fsp3) is 0.476. The standard InChI is InChI=1S/C13H19FN2O.C8H12FNOS2/c1-7(2)12-9(5-11(15)17)13(8(3)4)16-6-10(12)14;1-8(2,11)6-4-5(9)7(12-6)13(3)10/h6-8H,5H2,1-4H3,(H2,15,17);4,11H,3,10H2,1-2H3. The molecule has 0 aliphatic rings. The minimum Gasteiger partial charge on any atom is -0.385 e. The second-order valence-corrected chi connectivity index (χ2v) is 10.6. The van der Waals surface area contributed by atoms with Crippen molar-refractivity contribution in [3.05, 3.63) is 45.6 Å². The first-order chi connectivity index (χ1) is 13.7. The molecule has 2 rings (SSSR count). The van der Waals surface area contributed by atoms with Crippen molar-refractivity contribution < 1.29 is 18.7 Å².